The molecule has 1 N–H and O–H groups in total. The molecule has 2 rings (SSSR count). The fraction of sp³-hybridized carbons (Fsp3) is 0.182. The van der Waals surface area contributed by atoms with Gasteiger partial charge in [0.15, 0.2) is 0 Å². The van der Waals surface area contributed by atoms with E-state index >= 15 is 0 Å². The summed E-state index contributed by atoms with van der Waals surface area (Å²) >= 11 is 6.09. The van der Waals surface area contributed by atoms with Crippen LogP contribution in [0.25, 0.3) is 5.69 Å². The summed E-state index contributed by atoms with van der Waals surface area (Å²) < 4.78 is 1.85. The summed E-state index contributed by atoms with van der Waals surface area (Å²) in [6, 6.07) is 7.49. The number of rotatable bonds is 2. The molecular formula is C11H11ClN2O. The van der Waals surface area contributed by atoms with E-state index in [1.54, 1.807) is 6.20 Å². The van der Waals surface area contributed by atoms with E-state index in [1.807, 2.05) is 35.8 Å². The molecule has 0 spiro atoms. The zero-order chi connectivity index (χ0) is 10.8. The van der Waals surface area contributed by atoms with Crippen molar-refractivity contribution in [1.29, 1.82) is 0 Å². The lowest BCUT2D eigenvalue weighted by Crippen LogP contribution is -2.02. The molecular weight excluding hydrogens is 212 g/mol. The Kier molecular flexibility index (Phi) is 2.75. The molecule has 15 heavy (non-hydrogen) atoms. The highest BCUT2D eigenvalue weighted by Crippen LogP contribution is 2.22. The van der Waals surface area contributed by atoms with Crippen LogP contribution < -0.4 is 0 Å². The first kappa shape index (κ1) is 10.2. The van der Waals surface area contributed by atoms with Crippen LogP contribution in [0.1, 0.15) is 11.5 Å². The summed E-state index contributed by atoms with van der Waals surface area (Å²) in [5.41, 5.74) is 1.58. The van der Waals surface area contributed by atoms with Crippen molar-refractivity contribution < 1.29 is 5.11 Å². The van der Waals surface area contributed by atoms with E-state index in [0.29, 0.717) is 5.02 Å². The fourth-order valence-corrected chi connectivity index (χ4v) is 1.79. The van der Waals surface area contributed by atoms with Gasteiger partial charge in [0, 0.05) is 0 Å². The van der Waals surface area contributed by atoms with Gasteiger partial charge in [-0.1, -0.05) is 23.7 Å². The Labute approximate surface area is 93.0 Å². The quantitative estimate of drug-likeness (QED) is 0.847. The first-order chi connectivity index (χ1) is 7.24. The van der Waals surface area contributed by atoms with E-state index in [9.17, 15) is 5.11 Å². The molecule has 1 aromatic heterocycles. The van der Waals surface area contributed by atoms with Crippen molar-refractivity contribution in [1.82, 2.24) is 9.55 Å². The zero-order valence-electron chi connectivity index (χ0n) is 8.31. The number of hydrogen-bond donors (Lipinski definition) is 1. The Morgan fingerprint density at radius 1 is 1.40 bits per heavy atom. The first-order valence-electron chi connectivity index (χ1n) is 4.63. The van der Waals surface area contributed by atoms with E-state index in [1.165, 1.54) is 0 Å². The number of imidazole rings is 1. The smallest absolute Gasteiger partial charge is 0.110 e. The van der Waals surface area contributed by atoms with E-state index in [-0.39, 0.29) is 6.61 Å². The maximum atomic E-state index is 9.18. The highest BCUT2D eigenvalue weighted by Gasteiger charge is 2.09. The lowest BCUT2D eigenvalue weighted by molar-refractivity contribution is 0.274. The molecule has 0 amide bonds. The van der Waals surface area contributed by atoms with Gasteiger partial charge in [-0.2, -0.15) is 0 Å². The Morgan fingerprint density at radius 2 is 2.13 bits per heavy atom. The molecule has 2 aromatic rings. The van der Waals surface area contributed by atoms with Crippen LogP contribution in [0.5, 0.6) is 0 Å². The molecule has 0 unspecified atom stereocenters. The van der Waals surface area contributed by atoms with Gasteiger partial charge in [-0.05, 0) is 19.1 Å². The van der Waals surface area contributed by atoms with Crippen LogP contribution in [-0.2, 0) is 6.61 Å². The maximum absolute atomic E-state index is 9.18. The molecule has 1 aromatic carbocycles. The van der Waals surface area contributed by atoms with E-state index in [4.69, 9.17) is 11.6 Å². The second kappa shape index (κ2) is 4.04. The number of aliphatic hydroxyl groups is 1. The monoisotopic (exact) mass is 222 g/mol. The van der Waals surface area contributed by atoms with E-state index in [0.717, 1.165) is 17.2 Å². The van der Waals surface area contributed by atoms with Gasteiger partial charge in [-0.3, -0.25) is 4.57 Å². The van der Waals surface area contributed by atoms with Crippen LogP contribution in [0, 0.1) is 6.92 Å². The number of aliphatic hydroxyl groups excluding tert-OH is 1. The van der Waals surface area contributed by atoms with E-state index in [2.05, 4.69) is 4.98 Å². The predicted octanol–water partition coefficient (Wildman–Crippen LogP) is 2.33. The molecule has 0 radical (unpaired) electrons. The van der Waals surface area contributed by atoms with Gasteiger partial charge in [-0.25, -0.2) is 4.98 Å². The Balaban J connectivity index is 2.63. The second-order valence-electron chi connectivity index (χ2n) is 3.24. The summed E-state index contributed by atoms with van der Waals surface area (Å²) in [6.07, 6.45) is 1.65. The highest BCUT2D eigenvalue weighted by atomic mass is 35.5. The third kappa shape index (κ3) is 1.76. The number of aryl methyl sites for hydroxylation is 1. The number of aromatic nitrogens is 2. The first-order valence-corrected chi connectivity index (χ1v) is 5.01. The molecule has 3 nitrogen and oxygen atoms in total. The van der Waals surface area contributed by atoms with Crippen molar-refractivity contribution in [3.8, 4) is 5.69 Å². The summed E-state index contributed by atoms with van der Waals surface area (Å²) in [5, 5.41) is 9.83. The van der Waals surface area contributed by atoms with E-state index < -0.39 is 0 Å². The van der Waals surface area contributed by atoms with Gasteiger partial charge in [0.2, 0.25) is 0 Å². The van der Waals surface area contributed by atoms with Crippen molar-refractivity contribution in [2.75, 3.05) is 0 Å². The van der Waals surface area contributed by atoms with Crippen molar-refractivity contribution in [2.45, 2.75) is 13.5 Å². The number of nitrogens with zero attached hydrogens (tertiary/aromatic N) is 2. The largest absolute Gasteiger partial charge is 0.390 e. The Bertz CT molecular complexity index is 479. The van der Waals surface area contributed by atoms with Crippen LogP contribution in [-0.4, -0.2) is 14.7 Å². The molecule has 78 valence electrons. The van der Waals surface area contributed by atoms with Crippen LogP contribution in [0.15, 0.2) is 30.5 Å². The number of para-hydroxylation sites is 1. The molecule has 0 bridgehead atoms. The summed E-state index contributed by atoms with van der Waals surface area (Å²) in [4.78, 5) is 4.15. The number of halogens is 1. The number of benzene rings is 1. The van der Waals surface area contributed by atoms with Crippen molar-refractivity contribution >= 4 is 11.6 Å². The Hall–Kier alpha value is -1.32. The van der Waals surface area contributed by atoms with Crippen LogP contribution in [0.4, 0.5) is 0 Å². The predicted molar refractivity (Wildman–Crippen MR) is 59.2 cm³/mol. The fourth-order valence-electron chi connectivity index (χ4n) is 1.56. The molecule has 0 saturated carbocycles. The lowest BCUT2D eigenvalue weighted by atomic mass is 10.3. The van der Waals surface area contributed by atoms with Gasteiger partial charge < -0.3 is 5.11 Å². The standard InChI is InChI=1S/C11H11ClN2O/c1-8-13-6-9(7-15)14(8)11-5-3-2-4-10(11)12/h2-6,15H,7H2,1H3. The van der Waals surface area contributed by atoms with Gasteiger partial charge >= 0.3 is 0 Å². The topological polar surface area (TPSA) is 38.1 Å². The summed E-state index contributed by atoms with van der Waals surface area (Å²) in [5.74, 6) is 0.812. The third-order valence-corrected chi connectivity index (χ3v) is 2.59. The maximum Gasteiger partial charge on any atom is 0.110 e. The molecule has 0 aliphatic carbocycles. The van der Waals surface area contributed by atoms with Gasteiger partial charge in [-0.15, -0.1) is 0 Å². The minimum absolute atomic E-state index is 0.0495. The minimum atomic E-state index is -0.0495. The molecule has 0 aliphatic heterocycles. The minimum Gasteiger partial charge on any atom is -0.390 e. The zero-order valence-corrected chi connectivity index (χ0v) is 9.07. The average Bonchev–Trinajstić information content (AvgIpc) is 2.60. The van der Waals surface area contributed by atoms with Gasteiger partial charge in [0.05, 0.1) is 29.2 Å². The van der Waals surface area contributed by atoms with Gasteiger partial charge in [0.1, 0.15) is 5.82 Å². The molecule has 0 saturated heterocycles. The number of hydrogen-bond acceptors (Lipinski definition) is 2. The average molecular weight is 223 g/mol. The second-order valence-corrected chi connectivity index (χ2v) is 3.65. The van der Waals surface area contributed by atoms with Crippen molar-refractivity contribution in [3.63, 3.8) is 0 Å². The third-order valence-electron chi connectivity index (χ3n) is 2.27. The van der Waals surface area contributed by atoms with Crippen LogP contribution >= 0.6 is 11.6 Å². The molecule has 0 aliphatic rings. The molecule has 4 heteroatoms. The van der Waals surface area contributed by atoms with Crippen molar-refractivity contribution in [2.24, 2.45) is 0 Å². The Morgan fingerprint density at radius 3 is 2.80 bits per heavy atom. The van der Waals surface area contributed by atoms with Gasteiger partial charge in [0.25, 0.3) is 0 Å². The molecule has 0 fully saturated rings. The van der Waals surface area contributed by atoms with Crippen LogP contribution in [0.3, 0.4) is 0 Å². The van der Waals surface area contributed by atoms with Crippen molar-refractivity contribution in [3.05, 3.63) is 47.0 Å². The summed E-state index contributed by atoms with van der Waals surface area (Å²) in [7, 11) is 0. The SMILES string of the molecule is Cc1ncc(CO)n1-c1ccccc1Cl. The van der Waals surface area contributed by atoms with Crippen LogP contribution in [0.2, 0.25) is 5.02 Å². The molecule has 0 atom stereocenters. The molecule has 1 heterocycles. The lowest BCUT2D eigenvalue weighted by Gasteiger charge is -2.10. The highest BCUT2D eigenvalue weighted by molar-refractivity contribution is 6.32. The summed E-state index contributed by atoms with van der Waals surface area (Å²) in [6.45, 7) is 1.83. The normalized spacial score (nSPS) is 10.6.